The molecule has 0 aliphatic carbocycles. The number of benzene rings is 4. The average molecular weight is 507 g/mol. The first-order chi connectivity index (χ1) is 18.4. The first-order valence-corrected chi connectivity index (χ1v) is 12.3. The lowest BCUT2D eigenvalue weighted by atomic mass is 9.94. The molecular formula is C31H26N2O5. The predicted molar refractivity (Wildman–Crippen MR) is 145 cm³/mol. The van der Waals surface area contributed by atoms with E-state index in [4.69, 9.17) is 9.47 Å². The second kappa shape index (κ2) is 9.27. The fourth-order valence-electron chi connectivity index (χ4n) is 5.07. The lowest BCUT2D eigenvalue weighted by Gasteiger charge is -2.26. The van der Waals surface area contributed by atoms with E-state index in [9.17, 15) is 14.7 Å². The third kappa shape index (κ3) is 4.02. The van der Waals surface area contributed by atoms with Crippen LogP contribution in [0.4, 0.5) is 5.69 Å². The number of Topliss-reactive ketones (excluding diaryl/α,β-unsaturated/α-hetero) is 1. The molecule has 4 aromatic rings. The number of anilines is 1. The lowest BCUT2D eigenvalue weighted by Crippen LogP contribution is -2.29. The summed E-state index contributed by atoms with van der Waals surface area (Å²) in [4.78, 5) is 30.4. The van der Waals surface area contributed by atoms with E-state index in [2.05, 4.69) is 0 Å². The lowest BCUT2D eigenvalue weighted by molar-refractivity contribution is -0.140. The quantitative estimate of drug-likeness (QED) is 0.226. The Bertz CT molecular complexity index is 1610. The van der Waals surface area contributed by atoms with E-state index >= 15 is 0 Å². The Labute approximate surface area is 220 Å². The molecule has 4 aromatic carbocycles. The number of carbonyl (C=O) groups excluding carboxylic acids is 2. The minimum atomic E-state index is -0.761. The molecule has 1 saturated heterocycles. The molecule has 0 spiro atoms. The molecule has 1 N–H and O–H groups in total. The SMILES string of the molecule is CN(C)c1ccc(C2/C(=C(/O)c3ccc4ccccc4c3)C(=O)C(=O)N2Cc2ccc3c(c2)OCO3)cc1. The Kier molecular flexibility index (Phi) is 5.76. The van der Waals surface area contributed by atoms with E-state index in [0.717, 1.165) is 27.6 Å². The van der Waals surface area contributed by atoms with Crippen molar-refractivity contribution in [1.82, 2.24) is 4.90 Å². The number of carbonyl (C=O) groups is 2. The van der Waals surface area contributed by atoms with Crippen molar-refractivity contribution in [2.24, 2.45) is 0 Å². The highest BCUT2D eigenvalue weighted by Crippen LogP contribution is 2.42. The van der Waals surface area contributed by atoms with Crippen molar-refractivity contribution in [3.8, 4) is 11.5 Å². The summed E-state index contributed by atoms with van der Waals surface area (Å²) >= 11 is 0. The van der Waals surface area contributed by atoms with Crippen LogP contribution in [-0.2, 0) is 16.1 Å². The summed E-state index contributed by atoms with van der Waals surface area (Å²) in [6.45, 7) is 0.309. The number of rotatable bonds is 5. The minimum Gasteiger partial charge on any atom is -0.507 e. The Balaban J connectivity index is 1.47. The van der Waals surface area contributed by atoms with Gasteiger partial charge in [0.2, 0.25) is 6.79 Å². The van der Waals surface area contributed by atoms with Gasteiger partial charge in [0, 0.05) is 31.9 Å². The number of nitrogens with zero attached hydrogens (tertiary/aromatic N) is 2. The monoisotopic (exact) mass is 506 g/mol. The topological polar surface area (TPSA) is 79.3 Å². The summed E-state index contributed by atoms with van der Waals surface area (Å²) in [5.74, 6) is -0.321. The van der Waals surface area contributed by atoms with Gasteiger partial charge in [0.1, 0.15) is 5.76 Å². The Hall–Kier alpha value is -4.78. The zero-order valence-electron chi connectivity index (χ0n) is 21.0. The fourth-order valence-corrected chi connectivity index (χ4v) is 5.07. The highest BCUT2D eigenvalue weighted by molar-refractivity contribution is 6.46. The third-order valence-electron chi connectivity index (χ3n) is 7.08. The molecule has 2 aliphatic heterocycles. The van der Waals surface area contributed by atoms with Crippen LogP contribution in [0.15, 0.2) is 90.5 Å². The molecule has 1 atom stereocenters. The molecule has 2 aliphatic rings. The summed E-state index contributed by atoms with van der Waals surface area (Å²) in [5.41, 5.74) is 3.06. The van der Waals surface area contributed by atoms with Crippen LogP contribution in [0.25, 0.3) is 16.5 Å². The number of aliphatic hydroxyl groups is 1. The molecule has 2 heterocycles. The van der Waals surface area contributed by atoms with Crippen LogP contribution < -0.4 is 14.4 Å². The molecule has 0 saturated carbocycles. The molecule has 6 rings (SSSR count). The van der Waals surface area contributed by atoms with Crippen LogP contribution in [-0.4, -0.2) is 42.6 Å². The van der Waals surface area contributed by atoms with Gasteiger partial charge in [-0.2, -0.15) is 0 Å². The van der Waals surface area contributed by atoms with Crippen molar-refractivity contribution < 1.29 is 24.2 Å². The molecule has 7 heteroatoms. The van der Waals surface area contributed by atoms with Gasteiger partial charge < -0.3 is 24.4 Å². The summed E-state index contributed by atoms with van der Waals surface area (Å²) in [6.07, 6.45) is 0. The Morgan fingerprint density at radius 3 is 2.39 bits per heavy atom. The van der Waals surface area contributed by atoms with Crippen molar-refractivity contribution in [2.75, 3.05) is 25.8 Å². The maximum atomic E-state index is 13.5. The average Bonchev–Trinajstić information content (AvgIpc) is 3.50. The van der Waals surface area contributed by atoms with Crippen LogP contribution in [0, 0.1) is 0 Å². The second-order valence-corrected chi connectivity index (χ2v) is 9.66. The van der Waals surface area contributed by atoms with Gasteiger partial charge in [-0.3, -0.25) is 9.59 Å². The third-order valence-corrected chi connectivity index (χ3v) is 7.08. The van der Waals surface area contributed by atoms with E-state index in [-0.39, 0.29) is 24.7 Å². The maximum Gasteiger partial charge on any atom is 0.295 e. The van der Waals surface area contributed by atoms with Gasteiger partial charge >= 0.3 is 0 Å². The van der Waals surface area contributed by atoms with Gasteiger partial charge in [-0.1, -0.05) is 54.6 Å². The molecule has 7 nitrogen and oxygen atoms in total. The van der Waals surface area contributed by atoms with Gasteiger partial charge in [0.15, 0.2) is 11.5 Å². The first kappa shape index (κ1) is 23.6. The molecule has 190 valence electrons. The van der Waals surface area contributed by atoms with E-state index in [1.165, 1.54) is 4.90 Å². The number of hydrogen-bond acceptors (Lipinski definition) is 6. The minimum absolute atomic E-state index is 0.0728. The summed E-state index contributed by atoms with van der Waals surface area (Å²) in [7, 11) is 3.89. The number of ether oxygens (including phenoxy) is 2. The van der Waals surface area contributed by atoms with E-state index in [0.29, 0.717) is 17.1 Å². The number of ketones is 1. The molecule has 0 radical (unpaired) electrons. The van der Waals surface area contributed by atoms with Gasteiger partial charge in [-0.05, 0) is 52.2 Å². The number of fused-ring (bicyclic) bond motifs is 2. The highest BCUT2D eigenvalue weighted by atomic mass is 16.7. The van der Waals surface area contributed by atoms with Crippen LogP contribution in [0.3, 0.4) is 0 Å². The molecule has 1 fully saturated rings. The molecular weight excluding hydrogens is 480 g/mol. The van der Waals surface area contributed by atoms with Crippen molar-refractivity contribution in [1.29, 1.82) is 0 Å². The Morgan fingerprint density at radius 1 is 0.895 bits per heavy atom. The standard InChI is InChI=1S/C31H26N2O5/c1-32(2)24-12-10-21(11-13-24)28-27(29(34)23-9-8-20-5-3-4-6-22(20)16-23)30(35)31(36)33(28)17-19-7-14-25-26(15-19)38-18-37-25/h3-16,28,34H,17-18H2,1-2H3/b29-27-. The zero-order valence-corrected chi connectivity index (χ0v) is 21.0. The van der Waals surface area contributed by atoms with Crippen molar-refractivity contribution >= 4 is 33.9 Å². The highest BCUT2D eigenvalue weighted by Gasteiger charge is 2.46. The van der Waals surface area contributed by atoms with Crippen LogP contribution in [0.5, 0.6) is 11.5 Å². The maximum absolute atomic E-state index is 13.5. The smallest absolute Gasteiger partial charge is 0.295 e. The summed E-state index contributed by atoms with van der Waals surface area (Å²) < 4.78 is 10.9. The van der Waals surface area contributed by atoms with Gasteiger partial charge in [-0.15, -0.1) is 0 Å². The van der Waals surface area contributed by atoms with E-state index < -0.39 is 17.7 Å². The van der Waals surface area contributed by atoms with Crippen molar-refractivity contribution in [3.05, 3.63) is 107 Å². The normalized spacial score (nSPS) is 17.8. The number of hydrogen-bond donors (Lipinski definition) is 1. The summed E-state index contributed by atoms with van der Waals surface area (Å²) in [5, 5.41) is 13.4. The van der Waals surface area contributed by atoms with Crippen molar-refractivity contribution in [3.63, 3.8) is 0 Å². The second-order valence-electron chi connectivity index (χ2n) is 9.66. The number of likely N-dealkylation sites (tertiary alicyclic amines) is 1. The van der Waals surface area contributed by atoms with Gasteiger partial charge in [0.05, 0.1) is 11.6 Å². The van der Waals surface area contributed by atoms with Crippen LogP contribution >= 0.6 is 0 Å². The van der Waals surface area contributed by atoms with Crippen LogP contribution in [0.1, 0.15) is 22.7 Å². The fraction of sp³-hybridized carbons (Fsp3) is 0.161. The van der Waals surface area contributed by atoms with Gasteiger partial charge in [0.25, 0.3) is 11.7 Å². The number of amides is 1. The van der Waals surface area contributed by atoms with E-state index in [1.54, 1.807) is 12.1 Å². The Morgan fingerprint density at radius 2 is 1.63 bits per heavy atom. The molecule has 0 aromatic heterocycles. The molecule has 1 unspecified atom stereocenters. The van der Waals surface area contributed by atoms with Crippen molar-refractivity contribution in [2.45, 2.75) is 12.6 Å². The molecule has 1 amide bonds. The van der Waals surface area contributed by atoms with E-state index in [1.807, 2.05) is 91.8 Å². The summed E-state index contributed by atoms with van der Waals surface area (Å²) in [6, 6.07) is 25.7. The molecule has 38 heavy (non-hydrogen) atoms. The van der Waals surface area contributed by atoms with Crippen LogP contribution in [0.2, 0.25) is 0 Å². The zero-order chi connectivity index (χ0) is 26.4. The predicted octanol–water partition coefficient (Wildman–Crippen LogP) is 5.26. The number of aliphatic hydroxyl groups excluding tert-OH is 1. The largest absolute Gasteiger partial charge is 0.507 e. The first-order valence-electron chi connectivity index (χ1n) is 12.3. The van der Waals surface area contributed by atoms with Gasteiger partial charge in [-0.25, -0.2) is 0 Å². The molecule has 0 bridgehead atoms.